The fourth-order valence-electron chi connectivity index (χ4n) is 2.74. The van der Waals surface area contributed by atoms with Crippen LogP contribution in [0.15, 0.2) is 0 Å². The molecule has 0 spiro atoms. The first-order valence-electron chi connectivity index (χ1n) is 7.07. The van der Waals surface area contributed by atoms with Crippen LogP contribution in [0.4, 0.5) is 0 Å². The van der Waals surface area contributed by atoms with Gasteiger partial charge in [0.05, 0.1) is 6.61 Å². The Kier molecular flexibility index (Phi) is 5.59. The SMILES string of the molecule is CN(CCCC(C)(N)CO)CC1(N(C)C)CCC1. The third-order valence-electron chi connectivity index (χ3n) is 4.45. The predicted octanol–water partition coefficient (Wildman–Crippen LogP) is 0.892. The van der Waals surface area contributed by atoms with Crippen molar-refractivity contribution in [2.45, 2.75) is 50.1 Å². The number of aliphatic hydroxyl groups excluding tert-OH is 1. The van der Waals surface area contributed by atoms with Gasteiger partial charge in [0.2, 0.25) is 0 Å². The summed E-state index contributed by atoms with van der Waals surface area (Å²) in [6, 6.07) is 0. The minimum Gasteiger partial charge on any atom is -0.394 e. The van der Waals surface area contributed by atoms with Crippen LogP contribution >= 0.6 is 0 Å². The van der Waals surface area contributed by atoms with Crippen LogP contribution in [0, 0.1) is 0 Å². The Labute approximate surface area is 112 Å². The summed E-state index contributed by atoms with van der Waals surface area (Å²) in [7, 11) is 6.57. The molecule has 0 heterocycles. The van der Waals surface area contributed by atoms with Gasteiger partial charge in [-0.05, 0) is 66.7 Å². The molecule has 0 aliphatic heterocycles. The maximum Gasteiger partial charge on any atom is 0.0608 e. The number of nitrogens with zero attached hydrogens (tertiary/aromatic N) is 2. The van der Waals surface area contributed by atoms with E-state index in [1.807, 2.05) is 6.92 Å². The van der Waals surface area contributed by atoms with Gasteiger partial charge in [-0.2, -0.15) is 0 Å². The van der Waals surface area contributed by atoms with Crippen molar-refractivity contribution in [1.29, 1.82) is 0 Å². The zero-order valence-electron chi connectivity index (χ0n) is 12.6. The Morgan fingerprint density at radius 2 is 1.89 bits per heavy atom. The second-order valence-corrected chi connectivity index (χ2v) is 6.63. The van der Waals surface area contributed by atoms with Crippen molar-refractivity contribution in [3.63, 3.8) is 0 Å². The molecule has 4 heteroatoms. The van der Waals surface area contributed by atoms with Crippen molar-refractivity contribution in [2.75, 3.05) is 40.8 Å². The number of hydrogen-bond acceptors (Lipinski definition) is 4. The van der Waals surface area contributed by atoms with E-state index in [9.17, 15) is 0 Å². The molecule has 1 atom stereocenters. The molecule has 4 nitrogen and oxygen atoms in total. The Bertz CT molecular complexity index is 249. The minimum absolute atomic E-state index is 0.0678. The number of hydrogen-bond donors (Lipinski definition) is 2. The molecule has 1 unspecified atom stereocenters. The van der Waals surface area contributed by atoms with E-state index in [1.54, 1.807) is 0 Å². The molecule has 1 aliphatic carbocycles. The van der Waals surface area contributed by atoms with Gasteiger partial charge in [0, 0.05) is 17.6 Å². The normalized spacial score (nSPS) is 22.0. The summed E-state index contributed by atoms with van der Waals surface area (Å²) in [5.41, 5.74) is 5.92. The molecular weight excluding hydrogens is 226 g/mol. The molecule has 3 N–H and O–H groups in total. The van der Waals surface area contributed by atoms with E-state index in [-0.39, 0.29) is 6.61 Å². The smallest absolute Gasteiger partial charge is 0.0608 e. The Morgan fingerprint density at radius 1 is 1.28 bits per heavy atom. The highest BCUT2D eigenvalue weighted by atomic mass is 16.3. The largest absolute Gasteiger partial charge is 0.394 e. The fourth-order valence-corrected chi connectivity index (χ4v) is 2.74. The lowest BCUT2D eigenvalue weighted by Crippen LogP contribution is -2.56. The van der Waals surface area contributed by atoms with Crippen molar-refractivity contribution >= 4 is 0 Å². The number of likely N-dealkylation sites (N-methyl/N-ethyl adjacent to an activating group) is 2. The van der Waals surface area contributed by atoms with E-state index in [2.05, 4.69) is 30.9 Å². The molecule has 0 radical (unpaired) electrons. The second-order valence-electron chi connectivity index (χ2n) is 6.63. The number of nitrogens with two attached hydrogens (primary N) is 1. The van der Waals surface area contributed by atoms with Crippen molar-refractivity contribution in [2.24, 2.45) is 5.73 Å². The molecule has 1 rings (SSSR count). The highest BCUT2D eigenvalue weighted by Crippen LogP contribution is 2.36. The quantitative estimate of drug-likeness (QED) is 0.678. The molecule has 1 aliphatic rings. The van der Waals surface area contributed by atoms with E-state index < -0.39 is 5.54 Å². The van der Waals surface area contributed by atoms with Crippen molar-refractivity contribution in [3.8, 4) is 0 Å². The van der Waals surface area contributed by atoms with Gasteiger partial charge < -0.3 is 20.6 Å². The molecule has 1 saturated carbocycles. The maximum atomic E-state index is 9.12. The van der Waals surface area contributed by atoms with E-state index >= 15 is 0 Å². The van der Waals surface area contributed by atoms with E-state index in [0.29, 0.717) is 5.54 Å². The van der Waals surface area contributed by atoms with Crippen LogP contribution in [-0.2, 0) is 0 Å². The molecule has 0 aromatic heterocycles. The molecule has 1 fully saturated rings. The van der Waals surface area contributed by atoms with Crippen LogP contribution in [0.25, 0.3) is 0 Å². The molecule has 0 aromatic carbocycles. The lowest BCUT2D eigenvalue weighted by molar-refractivity contribution is 0.0270. The van der Waals surface area contributed by atoms with Gasteiger partial charge in [-0.25, -0.2) is 0 Å². The average molecular weight is 257 g/mol. The molecule has 108 valence electrons. The van der Waals surface area contributed by atoms with Crippen molar-refractivity contribution in [1.82, 2.24) is 9.80 Å². The summed E-state index contributed by atoms with van der Waals surface area (Å²) in [4.78, 5) is 4.79. The minimum atomic E-state index is -0.420. The summed E-state index contributed by atoms with van der Waals surface area (Å²) in [5.74, 6) is 0. The van der Waals surface area contributed by atoms with Crippen LogP contribution in [0.3, 0.4) is 0 Å². The summed E-state index contributed by atoms with van der Waals surface area (Å²) >= 11 is 0. The molecule has 0 amide bonds. The highest BCUT2D eigenvalue weighted by molar-refractivity contribution is 4.97. The Balaban J connectivity index is 2.27. The molecule has 0 saturated heterocycles. The molecule has 0 bridgehead atoms. The van der Waals surface area contributed by atoms with Crippen LogP contribution in [0.1, 0.15) is 39.0 Å². The lowest BCUT2D eigenvalue weighted by Gasteiger charge is -2.49. The lowest BCUT2D eigenvalue weighted by atomic mass is 9.75. The standard InChI is InChI=1S/C14H31N3O/c1-13(15,12-18)7-6-10-17(4)11-14(16(2)3)8-5-9-14/h18H,5-12,15H2,1-4H3. The van der Waals surface area contributed by atoms with E-state index in [0.717, 1.165) is 25.9 Å². The fraction of sp³-hybridized carbons (Fsp3) is 1.00. The van der Waals surface area contributed by atoms with E-state index in [4.69, 9.17) is 10.8 Å². The molecule has 18 heavy (non-hydrogen) atoms. The third kappa shape index (κ3) is 4.19. The first-order valence-corrected chi connectivity index (χ1v) is 7.07. The van der Waals surface area contributed by atoms with Crippen LogP contribution < -0.4 is 5.73 Å². The number of rotatable bonds is 8. The van der Waals surface area contributed by atoms with Gasteiger partial charge in [0.25, 0.3) is 0 Å². The monoisotopic (exact) mass is 257 g/mol. The maximum absolute atomic E-state index is 9.12. The van der Waals surface area contributed by atoms with Crippen LogP contribution in [0.2, 0.25) is 0 Å². The summed E-state index contributed by atoms with van der Waals surface area (Å²) < 4.78 is 0. The van der Waals surface area contributed by atoms with Gasteiger partial charge in [0.15, 0.2) is 0 Å². The predicted molar refractivity (Wildman–Crippen MR) is 76.7 cm³/mol. The van der Waals surface area contributed by atoms with Crippen molar-refractivity contribution in [3.05, 3.63) is 0 Å². The van der Waals surface area contributed by atoms with Gasteiger partial charge in [-0.3, -0.25) is 0 Å². The van der Waals surface area contributed by atoms with Gasteiger partial charge in [-0.15, -0.1) is 0 Å². The van der Waals surface area contributed by atoms with E-state index in [1.165, 1.54) is 19.3 Å². The second kappa shape index (κ2) is 6.33. The number of aliphatic hydroxyl groups is 1. The zero-order chi connectivity index (χ0) is 13.8. The van der Waals surface area contributed by atoms with Crippen LogP contribution in [0.5, 0.6) is 0 Å². The average Bonchev–Trinajstić information content (AvgIpc) is 2.22. The highest BCUT2D eigenvalue weighted by Gasteiger charge is 2.39. The summed E-state index contributed by atoms with van der Waals surface area (Å²) in [6.45, 7) is 4.18. The topological polar surface area (TPSA) is 52.7 Å². The molecule has 0 aromatic rings. The summed E-state index contributed by atoms with van der Waals surface area (Å²) in [6.07, 6.45) is 5.92. The molecular formula is C14H31N3O. The van der Waals surface area contributed by atoms with Gasteiger partial charge >= 0.3 is 0 Å². The Morgan fingerprint density at radius 3 is 2.28 bits per heavy atom. The van der Waals surface area contributed by atoms with Crippen molar-refractivity contribution < 1.29 is 5.11 Å². The van der Waals surface area contributed by atoms with Crippen LogP contribution in [-0.4, -0.2) is 66.8 Å². The Hall–Kier alpha value is -0.160. The third-order valence-corrected chi connectivity index (χ3v) is 4.45. The van der Waals surface area contributed by atoms with Gasteiger partial charge in [-0.1, -0.05) is 0 Å². The zero-order valence-corrected chi connectivity index (χ0v) is 12.6. The first kappa shape index (κ1) is 15.9. The summed E-state index contributed by atoms with van der Waals surface area (Å²) in [5, 5.41) is 9.12. The first-order chi connectivity index (χ1) is 8.31. The van der Waals surface area contributed by atoms with Gasteiger partial charge in [0.1, 0.15) is 0 Å².